The van der Waals surface area contributed by atoms with Crippen LogP contribution < -0.4 is 5.73 Å². The molecule has 0 spiro atoms. The molecule has 0 aromatic carbocycles. The Morgan fingerprint density at radius 2 is 1.87 bits per heavy atom. The first-order valence-corrected chi connectivity index (χ1v) is 7.66. The lowest BCUT2D eigenvalue weighted by Crippen LogP contribution is -2.38. The van der Waals surface area contributed by atoms with E-state index in [9.17, 15) is 8.42 Å². The molecule has 2 atom stereocenters. The molecule has 1 saturated carbocycles. The minimum atomic E-state index is -2.97. The monoisotopic (exact) mass is 233 g/mol. The summed E-state index contributed by atoms with van der Waals surface area (Å²) in [7, 11) is -2.97. The molecule has 0 heterocycles. The third kappa shape index (κ3) is 3.45. The van der Waals surface area contributed by atoms with Crippen LogP contribution in [-0.2, 0) is 9.84 Å². The lowest BCUT2D eigenvalue weighted by atomic mass is 10.0. The molecule has 90 valence electrons. The maximum absolute atomic E-state index is 11.8. The Morgan fingerprint density at radius 3 is 2.33 bits per heavy atom. The predicted molar refractivity (Wildman–Crippen MR) is 63.5 cm³/mol. The molecule has 2 N–H and O–H groups in total. The maximum atomic E-state index is 11.8. The van der Waals surface area contributed by atoms with Crippen molar-refractivity contribution in [3.63, 3.8) is 0 Å². The van der Waals surface area contributed by atoms with E-state index >= 15 is 0 Å². The smallest absolute Gasteiger partial charge is 0.154 e. The second-order valence-electron chi connectivity index (χ2n) is 4.76. The van der Waals surface area contributed by atoms with E-state index in [0.717, 1.165) is 12.8 Å². The number of nitrogens with two attached hydrogens (primary N) is 1. The molecule has 0 radical (unpaired) electrons. The van der Waals surface area contributed by atoms with Gasteiger partial charge in [-0.15, -0.1) is 0 Å². The van der Waals surface area contributed by atoms with Crippen molar-refractivity contribution in [3.05, 3.63) is 0 Å². The molecule has 0 bridgehead atoms. The molecule has 1 aliphatic rings. The summed E-state index contributed by atoms with van der Waals surface area (Å²) >= 11 is 0. The van der Waals surface area contributed by atoms with Crippen LogP contribution in [0.1, 0.15) is 46.0 Å². The van der Waals surface area contributed by atoms with Crippen LogP contribution in [0.4, 0.5) is 0 Å². The number of sulfone groups is 1. The first-order valence-electron chi connectivity index (χ1n) is 5.94. The van der Waals surface area contributed by atoms with Crippen molar-refractivity contribution in [2.45, 2.75) is 57.2 Å². The molecule has 0 saturated heterocycles. The highest BCUT2D eigenvalue weighted by atomic mass is 32.2. The van der Waals surface area contributed by atoms with Gasteiger partial charge >= 0.3 is 0 Å². The molecule has 1 rings (SSSR count). The third-order valence-electron chi connectivity index (χ3n) is 3.62. The van der Waals surface area contributed by atoms with Crippen LogP contribution in [0.3, 0.4) is 0 Å². The molecule has 0 aromatic heterocycles. The van der Waals surface area contributed by atoms with Crippen LogP contribution in [-0.4, -0.2) is 25.5 Å². The zero-order valence-electron chi connectivity index (χ0n) is 9.78. The van der Waals surface area contributed by atoms with Gasteiger partial charge in [0.25, 0.3) is 0 Å². The molecule has 1 aliphatic carbocycles. The Labute approximate surface area is 93.3 Å². The fraction of sp³-hybridized carbons (Fsp3) is 1.00. The summed E-state index contributed by atoms with van der Waals surface area (Å²) in [5, 5.41) is -0.245. The van der Waals surface area contributed by atoms with Gasteiger partial charge in [0.15, 0.2) is 9.84 Å². The highest BCUT2D eigenvalue weighted by Gasteiger charge is 2.28. The van der Waals surface area contributed by atoms with Crippen molar-refractivity contribution in [2.24, 2.45) is 11.7 Å². The highest BCUT2D eigenvalue weighted by Crippen LogP contribution is 2.27. The van der Waals surface area contributed by atoms with Gasteiger partial charge in [0.2, 0.25) is 0 Å². The standard InChI is InChI=1S/C11H23NO2S/c1-3-9(2)15(13,14)8-11(12)10-6-4-5-7-10/h9-11H,3-8,12H2,1-2H3. The summed E-state index contributed by atoms with van der Waals surface area (Å²) in [4.78, 5) is 0. The van der Waals surface area contributed by atoms with Gasteiger partial charge in [-0.25, -0.2) is 8.42 Å². The molecule has 0 aromatic rings. The van der Waals surface area contributed by atoms with E-state index in [-0.39, 0.29) is 17.0 Å². The van der Waals surface area contributed by atoms with Crippen molar-refractivity contribution in [1.82, 2.24) is 0 Å². The quantitative estimate of drug-likeness (QED) is 0.786. The molecule has 0 aliphatic heterocycles. The lowest BCUT2D eigenvalue weighted by Gasteiger charge is -2.20. The van der Waals surface area contributed by atoms with Crippen molar-refractivity contribution >= 4 is 9.84 Å². The molecule has 2 unspecified atom stereocenters. The summed E-state index contributed by atoms with van der Waals surface area (Å²) in [6.07, 6.45) is 5.32. The number of rotatable bonds is 5. The van der Waals surface area contributed by atoms with E-state index in [2.05, 4.69) is 0 Å². The maximum Gasteiger partial charge on any atom is 0.154 e. The van der Waals surface area contributed by atoms with Gasteiger partial charge in [0.1, 0.15) is 0 Å². The van der Waals surface area contributed by atoms with Crippen LogP contribution >= 0.6 is 0 Å². The zero-order chi connectivity index (χ0) is 11.5. The van der Waals surface area contributed by atoms with Crippen LogP contribution in [0.25, 0.3) is 0 Å². The van der Waals surface area contributed by atoms with Crippen molar-refractivity contribution in [1.29, 1.82) is 0 Å². The number of hydrogen-bond acceptors (Lipinski definition) is 3. The van der Waals surface area contributed by atoms with Crippen LogP contribution in [0.2, 0.25) is 0 Å². The van der Waals surface area contributed by atoms with E-state index in [1.165, 1.54) is 12.8 Å². The van der Waals surface area contributed by atoms with E-state index < -0.39 is 9.84 Å². The Balaban J connectivity index is 2.52. The topological polar surface area (TPSA) is 60.2 Å². The average Bonchev–Trinajstić information content (AvgIpc) is 2.68. The second-order valence-corrected chi connectivity index (χ2v) is 7.22. The Bertz CT molecular complexity index is 281. The molecular weight excluding hydrogens is 210 g/mol. The fourth-order valence-corrected chi connectivity index (χ4v) is 3.85. The van der Waals surface area contributed by atoms with Crippen LogP contribution in [0.5, 0.6) is 0 Å². The SMILES string of the molecule is CCC(C)S(=O)(=O)CC(N)C1CCCC1. The second kappa shape index (κ2) is 5.30. The Kier molecular flexibility index (Phi) is 4.59. The van der Waals surface area contributed by atoms with Crippen molar-refractivity contribution < 1.29 is 8.42 Å². The molecule has 0 amide bonds. The summed E-state index contributed by atoms with van der Waals surface area (Å²) in [5.41, 5.74) is 5.98. The van der Waals surface area contributed by atoms with Gasteiger partial charge < -0.3 is 5.73 Å². The Morgan fingerprint density at radius 1 is 1.33 bits per heavy atom. The summed E-state index contributed by atoms with van der Waals surface area (Å²) in [5.74, 6) is 0.607. The molecular formula is C11H23NO2S. The molecule has 4 heteroatoms. The van der Waals surface area contributed by atoms with Crippen molar-refractivity contribution in [2.75, 3.05) is 5.75 Å². The molecule has 1 fully saturated rings. The normalized spacial score (nSPS) is 22.9. The third-order valence-corrected chi connectivity index (χ3v) is 6.03. The van der Waals surface area contributed by atoms with Gasteiger partial charge in [-0.1, -0.05) is 19.8 Å². The van der Waals surface area contributed by atoms with E-state index in [0.29, 0.717) is 12.3 Å². The zero-order valence-corrected chi connectivity index (χ0v) is 10.6. The first-order chi connectivity index (χ1) is 6.97. The van der Waals surface area contributed by atoms with E-state index in [1.807, 2.05) is 6.92 Å². The first kappa shape index (κ1) is 13.0. The van der Waals surface area contributed by atoms with Gasteiger partial charge in [-0.2, -0.15) is 0 Å². The summed E-state index contributed by atoms with van der Waals surface area (Å²) < 4.78 is 23.7. The van der Waals surface area contributed by atoms with E-state index in [1.54, 1.807) is 6.92 Å². The van der Waals surface area contributed by atoms with Gasteiger partial charge in [0, 0.05) is 6.04 Å². The van der Waals surface area contributed by atoms with Gasteiger partial charge in [-0.05, 0) is 32.1 Å². The van der Waals surface area contributed by atoms with Crippen molar-refractivity contribution in [3.8, 4) is 0 Å². The van der Waals surface area contributed by atoms with Crippen LogP contribution in [0.15, 0.2) is 0 Å². The largest absolute Gasteiger partial charge is 0.327 e. The summed E-state index contributed by atoms with van der Waals surface area (Å²) in [6, 6.07) is -0.147. The molecule has 3 nitrogen and oxygen atoms in total. The fourth-order valence-electron chi connectivity index (χ4n) is 2.21. The minimum absolute atomic E-state index is 0.147. The summed E-state index contributed by atoms with van der Waals surface area (Å²) in [6.45, 7) is 3.68. The van der Waals surface area contributed by atoms with Gasteiger partial charge in [0.05, 0.1) is 11.0 Å². The number of hydrogen-bond donors (Lipinski definition) is 1. The molecule has 15 heavy (non-hydrogen) atoms. The minimum Gasteiger partial charge on any atom is -0.327 e. The lowest BCUT2D eigenvalue weighted by molar-refractivity contribution is 0.453. The highest BCUT2D eigenvalue weighted by molar-refractivity contribution is 7.92. The van der Waals surface area contributed by atoms with E-state index in [4.69, 9.17) is 5.73 Å². The predicted octanol–water partition coefficient (Wildman–Crippen LogP) is 1.72. The van der Waals surface area contributed by atoms with Gasteiger partial charge in [-0.3, -0.25) is 0 Å². The average molecular weight is 233 g/mol. The van der Waals surface area contributed by atoms with Crippen LogP contribution in [0, 0.1) is 5.92 Å². The Hall–Kier alpha value is -0.0900.